The van der Waals surface area contributed by atoms with Gasteiger partial charge in [-0.15, -0.1) is 0 Å². The number of benzene rings is 1. The molecule has 0 aliphatic carbocycles. The predicted molar refractivity (Wildman–Crippen MR) is 73.6 cm³/mol. The summed E-state index contributed by atoms with van der Waals surface area (Å²) >= 11 is 0. The minimum Gasteiger partial charge on any atom is -0.326 e. The molecular formula is C14H19N3O2. The van der Waals surface area contributed by atoms with Crippen molar-refractivity contribution in [2.45, 2.75) is 32.9 Å². The Morgan fingerprint density at radius 1 is 1.37 bits per heavy atom. The molecule has 1 aromatic carbocycles. The van der Waals surface area contributed by atoms with E-state index in [1.54, 1.807) is 18.2 Å². The largest absolute Gasteiger partial charge is 0.329 e. The van der Waals surface area contributed by atoms with Crippen LogP contribution in [0.4, 0.5) is 10.5 Å². The molecule has 1 fully saturated rings. The lowest BCUT2D eigenvalue weighted by Crippen LogP contribution is -2.32. The van der Waals surface area contributed by atoms with E-state index in [0.717, 1.165) is 5.56 Å². The molecule has 1 heterocycles. The van der Waals surface area contributed by atoms with Crippen LogP contribution in [0.15, 0.2) is 24.3 Å². The molecule has 0 saturated carbocycles. The van der Waals surface area contributed by atoms with Gasteiger partial charge < -0.3 is 11.1 Å². The number of hydrogen-bond donors (Lipinski definition) is 2. The summed E-state index contributed by atoms with van der Waals surface area (Å²) in [6, 6.07) is 6.41. The Morgan fingerprint density at radius 2 is 2.11 bits per heavy atom. The summed E-state index contributed by atoms with van der Waals surface area (Å²) in [5, 5.41) is 2.73. The van der Waals surface area contributed by atoms with Gasteiger partial charge in [-0.1, -0.05) is 26.0 Å². The van der Waals surface area contributed by atoms with Crippen LogP contribution in [0.1, 0.15) is 25.8 Å². The third-order valence-electron chi connectivity index (χ3n) is 3.13. The highest BCUT2D eigenvalue weighted by atomic mass is 16.2. The van der Waals surface area contributed by atoms with Crippen LogP contribution in [0.25, 0.3) is 0 Å². The highest BCUT2D eigenvalue weighted by Crippen LogP contribution is 2.23. The van der Waals surface area contributed by atoms with Crippen molar-refractivity contribution in [3.8, 4) is 0 Å². The van der Waals surface area contributed by atoms with Gasteiger partial charge >= 0.3 is 6.03 Å². The lowest BCUT2D eigenvalue weighted by atomic mass is 10.0. The van der Waals surface area contributed by atoms with Crippen molar-refractivity contribution >= 4 is 17.6 Å². The van der Waals surface area contributed by atoms with Crippen molar-refractivity contribution in [2.24, 2.45) is 11.7 Å². The number of carbonyl (C=O) groups is 2. The Balaban J connectivity index is 2.24. The van der Waals surface area contributed by atoms with Crippen molar-refractivity contribution in [3.63, 3.8) is 0 Å². The van der Waals surface area contributed by atoms with E-state index in [2.05, 4.69) is 5.32 Å². The smallest absolute Gasteiger partial charge is 0.326 e. The van der Waals surface area contributed by atoms with Gasteiger partial charge in [0.2, 0.25) is 0 Å². The van der Waals surface area contributed by atoms with Gasteiger partial charge in [0.05, 0.1) is 5.69 Å². The Hall–Kier alpha value is -1.88. The third kappa shape index (κ3) is 2.76. The normalized spacial score (nSPS) is 19.2. The van der Waals surface area contributed by atoms with Gasteiger partial charge in [0.25, 0.3) is 5.91 Å². The number of nitrogens with one attached hydrogen (secondary N) is 1. The minimum absolute atomic E-state index is 0.187. The standard InChI is InChI=1S/C14H19N3O2/c1-9(2)6-12-13(18)17(14(19)16-12)11-5-3-4-10(7-11)8-15/h3-5,7,9,12H,6,8,15H2,1-2H3,(H,16,19). The summed E-state index contributed by atoms with van der Waals surface area (Å²) in [5.41, 5.74) is 7.05. The maximum absolute atomic E-state index is 12.3. The number of nitrogens with zero attached hydrogens (tertiary/aromatic N) is 1. The molecule has 19 heavy (non-hydrogen) atoms. The average molecular weight is 261 g/mol. The van der Waals surface area contributed by atoms with Gasteiger partial charge in [-0.25, -0.2) is 9.69 Å². The molecule has 5 heteroatoms. The molecule has 2 rings (SSSR count). The Kier molecular flexibility index (Phi) is 3.85. The number of anilines is 1. The number of carbonyl (C=O) groups excluding carboxylic acids is 2. The highest BCUT2D eigenvalue weighted by molar-refractivity contribution is 6.21. The molecule has 102 valence electrons. The summed E-state index contributed by atoms with van der Waals surface area (Å²) in [5.74, 6) is 0.164. The number of imide groups is 1. The predicted octanol–water partition coefficient (Wildman–Crippen LogP) is 1.62. The maximum atomic E-state index is 12.3. The molecular weight excluding hydrogens is 242 g/mol. The van der Waals surface area contributed by atoms with E-state index < -0.39 is 6.04 Å². The van der Waals surface area contributed by atoms with Crippen molar-refractivity contribution in [2.75, 3.05) is 4.90 Å². The van der Waals surface area contributed by atoms with E-state index in [9.17, 15) is 9.59 Å². The number of amides is 3. The van der Waals surface area contributed by atoms with Crippen molar-refractivity contribution < 1.29 is 9.59 Å². The molecule has 0 spiro atoms. The first kappa shape index (κ1) is 13.5. The number of urea groups is 1. The first-order valence-corrected chi connectivity index (χ1v) is 6.46. The number of hydrogen-bond acceptors (Lipinski definition) is 3. The molecule has 3 amide bonds. The first-order chi connectivity index (χ1) is 9.02. The molecule has 1 aromatic rings. The van der Waals surface area contributed by atoms with Gasteiger partial charge in [0, 0.05) is 6.54 Å². The SMILES string of the molecule is CC(C)CC1NC(=O)N(c2cccc(CN)c2)C1=O. The fourth-order valence-corrected chi connectivity index (χ4v) is 2.23. The quantitative estimate of drug-likeness (QED) is 0.809. The Morgan fingerprint density at radius 3 is 2.74 bits per heavy atom. The van der Waals surface area contributed by atoms with Crippen molar-refractivity contribution in [3.05, 3.63) is 29.8 Å². The molecule has 1 saturated heterocycles. The second-order valence-corrected chi connectivity index (χ2v) is 5.18. The first-order valence-electron chi connectivity index (χ1n) is 6.46. The fraction of sp³-hybridized carbons (Fsp3) is 0.429. The second-order valence-electron chi connectivity index (χ2n) is 5.18. The number of rotatable bonds is 4. The van der Waals surface area contributed by atoms with Crippen LogP contribution in [0, 0.1) is 5.92 Å². The number of nitrogens with two attached hydrogens (primary N) is 1. The van der Waals surface area contributed by atoms with Gasteiger partial charge in [-0.2, -0.15) is 0 Å². The molecule has 1 atom stereocenters. The van der Waals surface area contributed by atoms with E-state index >= 15 is 0 Å². The molecule has 1 unspecified atom stereocenters. The molecule has 1 aliphatic rings. The van der Waals surface area contributed by atoms with E-state index in [0.29, 0.717) is 24.6 Å². The molecule has 0 aromatic heterocycles. The zero-order valence-corrected chi connectivity index (χ0v) is 11.2. The zero-order valence-electron chi connectivity index (χ0n) is 11.2. The highest BCUT2D eigenvalue weighted by Gasteiger charge is 2.39. The summed E-state index contributed by atoms with van der Waals surface area (Å²) in [6.07, 6.45) is 0.650. The van der Waals surface area contributed by atoms with E-state index in [-0.39, 0.29) is 11.9 Å². The topological polar surface area (TPSA) is 75.4 Å². The minimum atomic E-state index is -0.422. The van der Waals surface area contributed by atoms with Gasteiger partial charge in [-0.3, -0.25) is 4.79 Å². The van der Waals surface area contributed by atoms with Crippen LogP contribution in [0.3, 0.4) is 0 Å². The summed E-state index contributed by atoms with van der Waals surface area (Å²) in [4.78, 5) is 25.4. The monoisotopic (exact) mass is 261 g/mol. The lowest BCUT2D eigenvalue weighted by Gasteiger charge is -2.14. The fourth-order valence-electron chi connectivity index (χ4n) is 2.23. The second kappa shape index (κ2) is 5.40. The van der Waals surface area contributed by atoms with E-state index in [1.165, 1.54) is 4.90 Å². The average Bonchev–Trinajstić information content (AvgIpc) is 2.64. The van der Waals surface area contributed by atoms with Crippen LogP contribution in [0.5, 0.6) is 0 Å². The van der Waals surface area contributed by atoms with Gasteiger partial charge in [0.15, 0.2) is 0 Å². The molecule has 0 bridgehead atoms. The summed E-state index contributed by atoms with van der Waals surface area (Å²) in [6.45, 7) is 4.43. The summed E-state index contributed by atoms with van der Waals surface area (Å²) < 4.78 is 0. The lowest BCUT2D eigenvalue weighted by molar-refractivity contribution is -0.118. The molecule has 0 radical (unpaired) electrons. The van der Waals surface area contributed by atoms with Crippen LogP contribution >= 0.6 is 0 Å². The van der Waals surface area contributed by atoms with Gasteiger partial charge in [0.1, 0.15) is 6.04 Å². The van der Waals surface area contributed by atoms with E-state index in [1.807, 2.05) is 19.9 Å². The van der Waals surface area contributed by atoms with E-state index in [4.69, 9.17) is 5.73 Å². The maximum Gasteiger partial charge on any atom is 0.329 e. The van der Waals surface area contributed by atoms with Crippen molar-refractivity contribution in [1.29, 1.82) is 0 Å². The van der Waals surface area contributed by atoms with Crippen LogP contribution < -0.4 is 16.0 Å². The van der Waals surface area contributed by atoms with Crippen LogP contribution in [0.2, 0.25) is 0 Å². The summed E-state index contributed by atoms with van der Waals surface area (Å²) in [7, 11) is 0. The molecule has 1 aliphatic heterocycles. The molecule has 3 N–H and O–H groups in total. The Labute approximate surface area is 112 Å². The van der Waals surface area contributed by atoms with Crippen molar-refractivity contribution in [1.82, 2.24) is 5.32 Å². The zero-order chi connectivity index (χ0) is 14.0. The van der Waals surface area contributed by atoms with Gasteiger partial charge in [-0.05, 0) is 30.0 Å². The van der Waals surface area contributed by atoms with Crippen LogP contribution in [-0.4, -0.2) is 18.0 Å². The molecule has 5 nitrogen and oxygen atoms in total. The van der Waals surface area contributed by atoms with Crippen LogP contribution in [-0.2, 0) is 11.3 Å². The Bertz CT molecular complexity index is 499. The third-order valence-corrected chi connectivity index (χ3v) is 3.13.